The summed E-state index contributed by atoms with van der Waals surface area (Å²) in [5.74, 6) is 1.55. The summed E-state index contributed by atoms with van der Waals surface area (Å²) >= 11 is 0. The second-order valence-electron chi connectivity index (χ2n) is 3.32. The number of aliphatic imine (C=N–C) groups is 1. The molecule has 0 saturated heterocycles. The van der Waals surface area contributed by atoms with E-state index >= 15 is 0 Å². The van der Waals surface area contributed by atoms with E-state index in [9.17, 15) is 0 Å². The maximum absolute atomic E-state index is 4.98. The van der Waals surface area contributed by atoms with Crippen molar-refractivity contribution in [3.05, 3.63) is 23.9 Å². The summed E-state index contributed by atoms with van der Waals surface area (Å²) < 4.78 is 4.98. The molecule has 1 atom stereocenters. The largest absolute Gasteiger partial charge is 0.481 e. The van der Waals surface area contributed by atoms with Crippen molar-refractivity contribution >= 4 is 5.84 Å². The van der Waals surface area contributed by atoms with Crippen LogP contribution in [0, 0.1) is 0 Å². The number of pyridine rings is 1. The van der Waals surface area contributed by atoms with Gasteiger partial charge in [0.1, 0.15) is 5.84 Å². The molecule has 0 bridgehead atoms. The molecule has 0 fully saturated rings. The first-order chi connectivity index (χ1) is 6.79. The molecule has 0 aliphatic carbocycles. The van der Waals surface area contributed by atoms with Gasteiger partial charge in [-0.1, -0.05) is 0 Å². The van der Waals surface area contributed by atoms with E-state index in [1.807, 2.05) is 12.1 Å². The molecule has 2 heterocycles. The van der Waals surface area contributed by atoms with Gasteiger partial charge < -0.3 is 10.1 Å². The molecule has 4 heteroatoms. The van der Waals surface area contributed by atoms with Crippen LogP contribution in [0.1, 0.15) is 12.5 Å². The molecule has 1 aliphatic rings. The first-order valence-corrected chi connectivity index (χ1v) is 4.61. The zero-order valence-corrected chi connectivity index (χ0v) is 8.32. The van der Waals surface area contributed by atoms with E-state index in [0.29, 0.717) is 11.9 Å². The van der Waals surface area contributed by atoms with Crippen LogP contribution in [0.5, 0.6) is 5.88 Å². The quantitative estimate of drug-likeness (QED) is 0.753. The Labute approximate surface area is 83.0 Å². The van der Waals surface area contributed by atoms with Gasteiger partial charge in [0.2, 0.25) is 5.88 Å². The second kappa shape index (κ2) is 3.65. The van der Waals surface area contributed by atoms with Crippen molar-refractivity contribution in [2.45, 2.75) is 13.0 Å². The third-order valence-corrected chi connectivity index (χ3v) is 2.13. The Morgan fingerprint density at radius 1 is 1.50 bits per heavy atom. The van der Waals surface area contributed by atoms with Crippen LogP contribution in [0.2, 0.25) is 0 Å². The molecule has 2 rings (SSSR count). The number of ether oxygens (including phenoxy) is 1. The zero-order chi connectivity index (χ0) is 9.97. The van der Waals surface area contributed by atoms with E-state index in [1.54, 1.807) is 13.3 Å². The molecule has 0 radical (unpaired) electrons. The lowest BCUT2D eigenvalue weighted by Gasteiger charge is -2.05. The Morgan fingerprint density at radius 3 is 2.86 bits per heavy atom. The number of hydrogen-bond acceptors (Lipinski definition) is 4. The molecule has 14 heavy (non-hydrogen) atoms. The van der Waals surface area contributed by atoms with Crippen LogP contribution in [-0.4, -0.2) is 30.5 Å². The van der Waals surface area contributed by atoms with Crippen LogP contribution < -0.4 is 10.1 Å². The fourth-order valence-corrected chi connectivity index (χ4v) is 1.37. The van der Waals surface area contributed by atoms with Crippen LogP contribution in [0.15, 0.2) is 23.3 Å². The van der Waals surface area contributed by atoms with Crippen molar-refractivity contribution < 1.29 is 4.74 Å². The number of nitrogens with one attached hydrogen (secondary N) is 1. The highest BCUT2D eigenvalue weighted by molar-refractivity contribution is 5.99. The fourth-order valence-electron chi connectivity index (χ4n) is 1.37. The second-order valence-corrected chi connectivity index (χ2v) is 3.32. The van der Waals surface area contributed by atoms with Gasteiger partial charge in [-0.25, -0.2) is 4.98 Å². The molecule has 1 N–H and O–H groups in total. The molecule has 1 aliphatic heterocycles. The topological polar surface area (TPSA) is 46.5 Å². The summed E-state index contributed by atoms with van der Waals surface area (Å²) in [4.78, 5) is 8.49. The van der Waals surface area contributed by atoms with Crippen LogP contribution in [-0.2, 0) is 0 Å². The van der Waals surface area contributed by atoms with E-state index in [0.717, 1.165) is 17.9 Å². The van der Waals surface area contributed by atoms with E-state index in [1.165, 1.54) is 0 Å². The Bertz CT molecular complexity index is 345. The van der Waals surface area contributed by atoms with E-state index in [2.05, 4.69) is 22.2 Å². The smallest absolute Gasteiger partial charge is 0.212 e. The molecule has 0 amide bonds. The van der Waals surface area contributed by atoms with Gasteiger partial charge in [0.05, 0.1) is 13.7 Å². The highest BCUT2D eigenvalue weighted by Crippen LogP contribution is 2.09. The van der Waals surface area contributed by atoms with Gasteiger partial charge in [-0.3, -0.25) is 4.99 Å². The lowest BCUT2D eigenvalue weighted by molar-refractivity contribution is 0.398. The normalized spacial score (nSPS) is 20.1. The number of hydrogen-bond donors (Lipinski definition) is 1. The fraction of sp³-hybridized carbons (Fsp3) is 0.400. The summed E-state index contributed by atoms with van der Waals surface area (Å²) in [6.45, 7) is 2.94. The van der Waals surface area contributed by atoms with Gasteiger partial charge in [-0.05, 0) is 13.0 Å². The SMILES string of the molecule is COc1ccc(C2=NCC(C)N2)cn1. The van der Waals surface area contributed by atoms with Crippen molar-refractivity contribution in [3.63, 3.8) is 0 Å². The molecular formula is C10H13N3O. The Balaban J connectivity index is 2.17. The average molecular weight is 191 g/mol. The number of methoxy groups -OCH3 is 1. The molecule has 0 saturated carbocycles. The number of rotatable bonds is 2. The van der Waals surface area contributed by atoms with Gasteiger partial charge in [-0.2, -0.15) is 0 Å². The third-order valence-electron chi connectivity index (χ3n) is 2.13. The van der Waals surface area contributed by atoms with Gasteiger partial charge >= 0.3 is 0 Å². The minimum atomic E-state index is 0.423. The molecule has 0 spiro atoms. The van der Waals surface area contributed by atoms with Crippen molar-refractivity contribution in [2.75, 3.05) is 13.7 Å². The monoisotopic (exact) mass is 191 g/mol. The number of amidine groups is 1. The Morgan fingerprint density at radius 2 is 2.36 bits per heavy atom. The first kappa shape index (κ1) is 8.99. The van der Waals surface area contributed by atoms with Gasteiger partial charge in [-0.15, -0.1) is 0 Å². The van der Waals surface area contributed by atoms with Crippen LogP contribution in [0.3, 0.4) is 0 Å². The van der Waals surface area contributed by atoms with Gasteiger partial charge in [0.25, 0.3) is 0 Å². The third kappa shape index (κ3) is 1.69. The molecule has 1 aromatic heterocycles. The van der Waals surface area contributed by atoms with E-state index < -0.39 is 0 Å². The summed E-state index contributed by atoms with van der Waals surface area (Å²) in [5, 5.41) is 3.28. The summed E-state index contributed by atoms with van der Waals surface area (Å²) in [5.41, 5.74) is 1.01. The van der Waals surface area contributed by atoms with E-state index in [4.69, 9.17) is 4.74 Å². The van der Waals surface area contributed by atoms with Crippen molar-refractivity contribution in [1.29, 1.82) is 0 Å². The minimum Gasteiger partial charge on any atom is -0.481 e. The molecule has 74 valence electrons. The highest BCUT2D eigenvalue weighted by atomic mass is 16.5. The van der Waals surface area contributed by atoms with E-state index in [-0.39, 0.29) is 0 Å². The standard InChI is InChI=1S/C10H13N3O/c1-7-5-12-10(13-7)8-3-4-9(14-2)11-6-8/h3-4,6-7H,5H2,1-2H3,(H,12,13). The summed E-state index contributed by atoms with van der Waals surface area (Å²) in [7, 11) is 1.61. The highest BCUT2D eigenvalue weighted by Gasteiger charge is 2.13. The van der Waals surface area contributed by atoms with Crippen LogP contribution >= 0.6 is 0 Å². The maximum Gasteiger partial charge on any atom is 0.212 e. The molecule has 0 aromatic carbocycles. The minimum absolute atomic E-state index is 0.423. The summed E-state index contributed by atoms with van der Waals surface area (Å²) in [6, 6.07) is 4.21. The van der Waals surface area contributed by atoms with Gasteiger partial charge in [0, 0.05) is 23.9 Å². The Hall–Kier alpha value is -1.58. The predicted octanol–water partition coefficient (Wildman–Crippen LogP) is 0.829. The predicted molar refractivity (Wildman–Crippen MR) is 54.8 cm³/mol. The number of aromatic nitrogens is 1. The van der Waals surface area contributed by atoms with Crippen LogP contribution in [0.25, 0.3) is 0 Å². The average Bonchev–Trinajstić information content (AvgIpc) is 2.65. The Kier molecular flexibility index (Phi) is 2.35. The lowest BCUT2D eigenvalue weighted by Crippen LogP contribution is -2.27. The van der Waals surface area contributed by atoms with Gasteiger partial charge in [0.15, 0.2) is 0 Å². The lowest BCUT2D eigenvalue weighted by atomic mass is 10.2. The van der Waals surface area contributed by atoms with Crippen molar-refractivity contribution in [1.82, 2.24) is 10.3 Å². The zero-order valence-electron chi connectivity index (χ0n) is 8.32. The molecule has 1 aromatic rings. The maximum atomic E-state index is 4.98. The number of nitrogens with zero attached hydrogens (tertiary/aromatic N) is 2. The summed E-state index contributed by atoms with van der Waals surface area (Å²) in [6.07, 6.45) is 1.77. The molecule has 4 nitrogen and oxygen atoms in total. The van der Waals surface area contributed by atoms with Crippen molar-refractivity contribution in [3.8, 4) is 5.88 Å². The first-order valence-electron chi connectivity index (χ1n) is 4.61. The van der Waals surface area contributed by atoms with Crippen LogP contribution in [0.4, 0.5) is 0 Å². The molecule has 1 unspecified atom stereocenters. The molecular weight excluding hydrogens is 178 g/mol. The van der Waals surface area contributed by atoms with Crippen molar-refractivity contribution in [2.24, 2.45) is 4.99 Å².